The van der Waals surface area contributed by atoms with Gasteiger partial charge in [-0.25, -0.2) is 0 Å². The Kier molecular flexibility index (Phi) is 3.13. The molecule has 1 aromatic rings. The van der Waals surface area contributed by atoms with Crippen molar-refractivity contribution in [1.29, 1.82) is 5.26 Å². The molecule has 1 aromatic carbocycles. The van der Waals surface area contributed by atoms with Gasteiger partial charge in [-0.1, -0.05) is 17.7 Å². The van der Waals surface area contributed by atoms with Crippen LogP contribution < -0.4 is 0 Å². The highest BCUT2D eigenvalue weighted by Crippen LogP contribution is 2.16. The van der Waals surface area contributed by atoms with E-state index in [4.69, 9.17) is 16.9 Å². The fourth-order valence-electron chi connectivity index (χ4n) is 1.13. The van der Waals surface area contributed by atoms with E-state index in [9.17, 15) is 0 Å². The third-order valence-electron chi connectivity index (χ3n) is 1.81. The smallest absolute Gasteiger partial charge is 0.0625 e. The molecule has 0 aliphatic heterocycles. The minimum atomic E-state index is 0.572. The zero-order valence-corrected chi connectivity index (χ0v) is 7.73. The molecule has 0 fully saturated rings. The molecule has 0 saturated heterocycles. The quantitative estimate of drug-likeness (QED) is 0.685. The van der Waals surface area contributed by atoms with Crippen LogP contribution in [0.25, 0.3) is 0 Å². The van der Waals surface area contributed by atoms with Crippen LogP contribution in [0, 0.1) is 18.3 Å². The maximum atomic E-state index is 8.40. The molecule has 0 saturated carbocycles. The molecule has 0 spiro atoms. The second kappa shape index (κ2) is 4.13. The van der Waals surface area contributed by atoms with Crippen LogP contribution in [-0.4, -0.2) is 0 Å². The summed E-state index contributed by atoms with van der Waals surface area (Å²) in [6.07, 6.45) is 1.39. The predicted molar refractivity (Wildman–Crippen MR) is 50.1 cm³/mol. The Bertz CT molecular complexity index is 312. The Morgan fingerprint density at radius 1 is 1.50 bits per heavy atom. The van der Waals surface area contributed by atoms with E-state index in [1.54, 1.807) is 0 Å². The summed E-state index contributed by atoms with van der Waals surface area (Å²) in [5.74, 6) is 0. The molecule has 0 amide bonds. The van der Waals surface area contributed by atoms with Crippen LogP contribution in [0.1, 0.15) is 17.5 Å². The van der Waals surface area contributed by atoms with Gasteiger partial charge in [0.05, 0.1) is 6.07 Å². The first kappa shape index (κ1) is 9.09. The van der Waals surface area contributed by atoms with Crippen LogP contribution in [0.15, 0.2) is 18.2 Å². The van der Waals surface area contributed by atoms with Crippen molar-refractivity contribution in [3.63, 3.8) is 0 Å². The summed E-state index contributed by atoms with van der Waals surface area (Å²) in [7, 11) is 0. The van der Waals surface area contributed by atoms with Gasteiger partial charge >= 0.3 is 0 Å². The van der Waals surface area contributed by atoms with Crippen molar-refractivity contribution in [1.82, 2.24) is 0 Å². The largest absolute Gasteiger partial charge is 0.198 e. The van der Waals surface area contributed by atoms with E-state index in [1.807, 2.05) is 25.1 Å². The van der Waals surface area contributed by atoms with Crippen molar-refractivity contribution in [2.45, 2.75) is 19.8 Å². The fourth-order valence-corrected chi connectivity index (χ4v) is 1.36. The van der Waals surface area contributed by atoms with Crippen LogP contribution in [-0.2, 0) is 6.42 Å². The van der Waals surface area contributed by atoms with Gasteiger partial charge < -0.3 is 0 Å². The van der Waals surface area contributed by atoms with Crippen LogP contribution >= 0.6 is 11.6 Å². The Morgan fingerprint density at radius 2 is 2.25 bits per heavy atom. The van der Waals surface area contributed by atoms with Gasteiger partial charge in [0.25, 0.3) is 0 Å². The first-order valence-electron chi connectivity index (χ1n) is 3.86. The van der Waals surface area contributed by atoms with E-state index >= 15 is 0 Å². The zero-order chi connectivity index (χ0) is 8.97. The predicted octanol–water partition coefficient (Wildman–Crippen LogP) is 3.10. The molecule has 0 N–H and O–H groups in total. The number of hydrogen-bond donors (Lipinski definition) is 0. The van der Waals surface area contributed by atoms with Crippen LogP contribution in [0.5, 0.6) is 0 Å². The number of nitriles is 1. The minimum Gasteiger partial charge on any atom is -0.198 e. The van der Waals surface area contributed by atoms with Gasteiger partial charge in [-0.05, 0) is 36.6 Å². The van der Waals surface area contributed by atoms with Crippen LogP contribution in [0.2, 0.25) is 5.02 Å². The number of hydrogen-bond acceptors (Lipinski definition) is 1. The Hall–Kier alpha value is -1.00. The summed E-state index contributed by atoms with van der Waals surface area (Å²) in [6.45, 7) is 2.01. The van der Waals surface area contributed by atoms with Crippen LogP contribution in [0.3, 0.4) is 0 Å². The molecule has 0 atom stereocenters. The van der Waals surface area contributed by atoms with Gasteiger partial charge in [-0.15, -0.1) is 0 Å². The molecular weight excluding hydrogens is 170 g/mol. The van der Waals surface area contributed by atoms with Gasteiger partial charge in [0.15, 0.2) is 0 Å². The second-order valence-electron chi connectivity index (χ2n) is 2.73. The molecule has 0 aliphatic rings. The monoisotopic (exact) mass is 179 g/mol. The highest BCUT2D eigenvalue weighted by atomic mass is 35.5. The standard InChI is InChI=1S/C10H10ClN/c1-8-7-10(11)5-4-9(8)3-2-6-12/h4-5,7H,2-3H2,1H3. The van der Waals surface area contributed by atoms with Crippen molar-refractivity contribution in [2.24, 2.45) is 0 Å². The lowest BCUT2D eigenvalue weighted by Gasteiger charge is -2.02. The summed E-state index contributed by atoms with van der Waals surface area (Å²) in [6, 6.07) is 7.89. The van der Waals surface area contributed by atoms with Crippen molar-refractivity contribution in [2.75, 3.05) is 0 Å². The molecule has 62 valence electrons. The Balaban J connectivity index is 2.81. The average Bonchev–Trinajstić information content (AvgIpc) is 2.03. The number of nitrogens with zero attached hydrogens (tertiary/aromatic N) is 1. The van der Waals surface area contributed by atoms with Crippen LogP contribution in [0.4, 0.5) is 0 Å². The molecule has 0 aromatic heterocycles. The molecule has 0 radical (unpaired) electrons. The molecule has 2 heteroatoms. The summed E-state index contributed by atoms with van der Waals surface area (Å²) in [5, 5.41) is 9.15. The summed E-state index contributed by atoms with van der Waals surface area (Å²) >= 11 is 5.79. The fraction of sp³-hybridized carbons (Fsp3) is 0.300. The first-order valence-corrected chi connectivity index (χ1v) is 4.24. The third-order valence-corrected chi connectivity index (χ3v) is 2.05. The van der Waals surface area contributed by atoms with Gasteiger partial charge in [-0.3, -0.25) is 0 Å². The van der Waals surface area contributed by atoms with Gasteiger partial charge in [0, 0.05) is 11.4 Å². The maximum absolute atomic E-state index is 8.40. The Labute approximate surface area is 77.6 Å². The lowest BCUT2D eigenvalue weighted by Crippen LogP contribution is -1.87. The number of aryl methyl sites for hydroxylation is 2. The third kappa shape index (κ3) is 2.25. The highest BCUT2D eigenvalue weighted by Gasteiger charge is 1.97. The van der Waals surface area contributed by atoms with Crippen molar-refractivity contribution >= 4 is 11.6 Å². The SMILES string of the molecule is Cc1cc(Cl)ccc1CCC#N. The topological polar surface area (TPSA) is 23.8 Å². The Morgan fingerprint density at radius 3 is 2.83 bits per heavy atom. The molecular formula is C10H10ClN. The van der Waals surface area contributed by atoms with E-state index in [1.165, 1.54) is 5.56 Å². The van der Waals surface area contributed by atoms with Crippen molar-refractivity contribution < 1.29 is 0 Å². The molecule has 0 aliphatic carbocycles. The van der Waals surface area contributed by atoms with E-state index in [-0.39, 0.29) is 0 Å². The average molecular weight is 180 g/mol. The lowest BCUT2D eigenvalue weighted by molar-refractivity contribution is 0.996. The highest BCUT2D eigenvalue weighted by molar-refractivity contribution is 6.30. The van der Waals surface area contributed by atoms with Crippen molar-refractivity contribution in [3.05, 3.63) is 34.3 Å². The van der Waals surface area contributed by atoms with Gasteiger partial charge in [-0.2, -0.15) is 5.26 Å². The minimum absolute atomic E-state index is 0.572. The first-order chi connectivity index (χ1) is 5.74. The molecule has 12 heavy (non-hydrogen) atoms. The molecule has 0 bridgehead atoms. The number of rotatable bonds is 2. The van der Waals surface area contributed by atoms with Gasteiger partial charge in [0.1, 0.15) is 0 Å². The number of halogens is 1. The van der Waals surface area contributed by atoms with E-state index in [0.29, 0.717) is 6.42 Å². The lowest BCUT2D eigenvalue weighted by atomic mass is 10.0. The van der Waals surface area contributed by atoms with Gasteiger partial charge in [0.2, 0.25) is 0 Å². The molecule has 1 rings (SSSR count). The molecule has 0 unspecified atom stereocenters. The summed E-state index contributed by atoms with van der Waals surface area (Å²) in [5.41, 5.74) is 2.37. The summed E-state index contributed by atoms with van der Waals surface area (Å²) < 4.78 is 0. The molecule has 1 nitrogen and oxygen atoms in total. The van der Waals surface area contributed by atoms with E-state index in [2.05, 4.69) is 6.07 Å². The number of benzene rings is 1. The maximum Gasteiger partial charge on any atom is 0.0625 e. The second-order valence-corrected chi connectivity index (χ2v) is 3.17. The van der Waals surface area contributed by atoms with E-state index < -0.39 is 0 Å². The zero-order valence-electron chi connectivity index (χ0n) is 6.97. The molecule has 0 heterocycles. The van der Waals surface area contributed by atoms with Crippen molar-refractivity contribution in [3.8, 4) is 6.07 Å². The summed E-state index contributed by atoms with van der Waals surface area (Å²) in [4.78, 5) is 0. The normalized spacial score (nSPS) is 9.42. The van der Waals surface area contributed by atoms with E-state index in [0.717, 1.165) is 17.0 Å².